The zero-order valence-corrected chi connectivity index (χ0v) is 21.5. The van der Waals surface area contributed by atoms with Crippen molar-refractivity contribution in [2.45, 2.75) is 6.92 Å². The molecule has 0 radical (unpaired) electrons. The number of esters is 1. The number of carbonyl (C=O) groups excluding carboxylic acids is 4. The third-order valence-electron chi connectivity index (χ3n) is 5.14. The normalized spacial score (nSPS) is 14.4. The average Bonchev–Trinajstić information content (AvgIpc) is 2.98. The molecule has 1 aliphatic heterocycles. The highest BCUT2D eigenvalue weighted by Crippen LogP contribution is 2.22. The second-order valence-corrected chi connectivity index (χ2v) is 8.73. The van der Waals surface area contributed by atoms with Crippen molar-refractivity contribution < 1.29 is 28.8 Å². The van der Waals surface area contributed by atoms with E-state index in [-0.39, 0.29) is 34.4 Å². The van der Waals surface area contributed by atoms with Crippen molar-refractivity contribution in [3.8, 4) is 0 Å². The van der Waals surface area contributed by atoms with Gasteiger partial charge in [-0.1, -0.05) is 71.5 Å². The van der Waals surface area contributed by atoms with E-state index in [1.807, 2.05) is 0 Å². The van der Waals surface area contributed by atoms with Crippen LogP contribution in [0.5, 0.6) is 0 Å². The number of nitrogens with zero attached hydrogens (tertiary/aromatic N) is 4. The molecule has 4 rings (SSSR count). The van der Waals surface area contributed by atoms with Crippen LogP contribution >= 0.6 is 11.8 Å². The zero-order chi connectivity index (χ0) is 27.6. The van der Waals surface area contributed by atoms with Gasteiger partial charge in [-0.3, -0.25) is 9.59 Å². The van der Waals surface area contributed by atoms with Crippen LogP contribution < -0.4 is 0 Å². The number of carbonyl (C=O) groups is 4. The number of rotatable bonds is 7. The van der Waals surface area contributed by atoms with Gasteiger partial charge in [0.05, 0.1) is 12.2 Å². The molecule has 0 spiro atoms. The first-order valence-corrected chi connectivity index (χ1v) is 12.8. The largest absolute Gasteiger partial charge is 0.461 e. The summed E-state index contributed by atoms with van der Waals surface area (Å²) in [7, 11) is 0. The van der Waals surface area contributed by atoms with Crippen LogP contribution in [0, 0.1) is 0 Å². The lowest BCUT2D eigenvalue weighted by atomic mass is 10.2. The molecular formula is C28H22N4O6S. The Morgan fingerprint density at radius 2 is 1.41 bits per heavy atom. The molecule has 0 saturated heterocycles. The number of hydrogen-bond donors (Lipinski definition) is 0. The Morgan fingerprint density at radius 3 is 2.00 bits per heavy atom. The maximum atomic E-state index is 13.4. The van der Waals surface area contributed by atoms with Crippen molar-refractivity contribution in [2.24, 2.45) is 15.2 Å². The fraction of sp³-hybridized carbons (Fsp3) is 0.107. The van der Waals surface area contributed by atoms with Crippen LogP contribution in [-0.2, 0) is 14.4 Å². The Balaban J connectivity index is 1.72. The van der Waals surface area contributed by atoms with Crippen LogP contribution in [0.1, 0.15) is 38.0 Å². The minimum Gasteiger partial charge on any atom is -0.461 e. The number of thioether (sulfide) groups is 1. The molecule has 1 heterocycles. The van der Waals surface area contributed by atoms with E-state index in [9.17, 15) is 19.2 Å². The highest BCUT2D eigenvalue weighted by Gasteiger charge is 2.32. The monoisotopic (exact) mass is 542 g/mol. The van der Waals surface area contributed by atoms with Crippen molar-refractivity contribution in [2.75, 3.05) is 12.4 Å². The smallest absolute Gasteiger partial charge is 0.365 e. The van der Waals surface area contributed by atoms with E-state index < -0.39 is 29.5 Å². The second-order valence-electron chi connectivity index (χ2n) is 7.79. The third-order valence-corrected chi connectivity index (χ3v) is 6.08. The summed E-state index contributed by atoms with van der Waals surface area (Å²) in [4.78, 5) is 60.5. The predicted octanol–water partition coefficient (Wildman–Crippen LogP) is 4.20. The number of ether oxygens (including phenoxy) is 1. The lowest BCUT2D eigenvalue weighted by molar-refractivity contribution is -0.134. The van der Waals surface area contributed by atoms with Crippen molar-refractivity contribution >= 4 is 52.1 Å². The maximum Gasteiger partial charge on any atom is 0.365 e. The van der Waals surface area contributed by atoms with Gasteiger partial charge in [0.2, 0.25) is 5.71 Å². The average molecular weight is 543 g/mol. The molecule has 2 amide bonds. The molecule has 1 aliphatic rings. The molecule has 0 aliphatic carbocycles. The van der Waals surface area contributed by atoms with Gasteiger partial charge in [-0.2, -0.15) is 15.1 Å². The molecule has 0 N–H and O–H groups in total. The molecule has 0 unspecified atom stereocenters. The summed E-state index contributed by atoms with van der Waals surface area (Å²) in [5, 5.41) is 8.99. The summed E-state index contributed by atoms with van der Waals surface area (Å²) in [6, 6.07) is 24.7. The highest BCUT2D eigenvalue weighted by molar-refractivity contribution is 8.14. The maximum absolute atomic E-state index is 13.4. The molecule has 0 fully saturated rings. The lowest BCUT2D eigenvalue weighted by Crippen LogP contribution is -2.40. The number of oxime groups is 1. The first kappa shape index (κ1) is 27.1. The molecule has 3 aromatic carbocycles. The van der Waals surface area contributed by atoms with E-state index in [1.54, 1.807) is 85.8 Å². The molecule has 196 valence electrons. The number of hydrogen-bond acceptors (Lipinski definition) is 9. The van der Waals surface area contributed by atoms with Gasteiger partial charge in [-0.25, -0.2) is 9.59 Å². The van der Waals surface area contributed by atoms with Gasteiger partial charge in [0.15, 0.2) is 5.17 Å². The fourth-order valence-electron chi connectivity index (χ4n) is 3.27. The van der Waals surface area contributed by atoms with Crippen LogP contribution in [0.3, 0.4) is 0 Å². The molecule has 10 nitrogen and oxygen atoms in total. The quantitative estimate of drug-likeness (QED) is 0.189. The second kappa shape index (κ2) is 13.1. The predicted molar refractivity (Wildman–Crippen MR) is 147 cm³/mol. The van der Waals surface area contributed by atoms with E-state index >= 15 is 0 Å². The van der Waals surface area contributed by atoms with Gasteiger partial charge in [-0.05, 0) is 43.3 Å². The molecule has 39 heavy (non-hydrogen) atoms. The molecule has 0 aromatic heterocycles. The number of hydrazone groups is 1. The van der Waals surface area contributed by atoms with E-state index in [0.29, 0.717) is 5.56 Å². The van der Waals surface area contributed by atoms with Gasteiger partial charge >= 0.3 is 11.9 Å². The number of amidine groups is 1. The Bertz CT molecular complexity index is 1460. The van der Waals surface area contributed by atoms with Crippen LogP contribution in [0.15, 0.2) is 106 Å². The SMILES string of the molecule is CCOC(=O)/C(=N\OC(=O)c1ccccc1)C1=NN(C(=O)c2ccccc2)C(=NC(=O)c2ccccc2)SC1. The Morgan fingerprint density at radius 1 is 0.846 bits per heavy atom. The minimum atomic E-state index is -0.898. The van der Waals surface area contributed by atoms with Crippen LogP contribution in [-0.4, -0.2) is 57.7 Å². The topological polar surface area (TPSA) is 127 Å². The summed E-state index contributed by atoms with van der Waals surface area (Å²) in [6.07, 6.45) is 0. The highest BCUT2D eigenvalue weighted by atomic mass is 32.2. The summed E-state index contributed by atoms with van der Waals surface area (Å²) in [5.41, 5.74) is 0.420. The molecule has 0 bridgehead atoms. The van der Waals surface area contributed by atoms with Gasteiger partial charge < -0.3 is 9.57 Å². The Labute approximate surface area is 228 Å². The third kappa shape index (κ3) is 6.90. The molecule has 11 heteroatoms. The van der Waals surface area contributed by atoms with Gasteiger partial charge in [-0.15, -0.1) is 0 Å². The van der Waals surface area contributed by atoms with Crippen molar-refractivity contribution in [3.05, 3.63) is 108 Å². The molecule has 3 aromatic rings. The Hall–Kier alpha value is -4.90. The number of benzene rings is 3. The van der Waals surface area contributed by atoms with E-state index in [4.69, 9.17) is 9.57 Å². The summed E-state index contributed by atoms with van der Waals surface area (Å²) < 4.78 is 5.09. The van der Waals surface area contributed by atoms with Crippen molar-refractivity contribution in [3.63, 3.8) is 0 Å². The van der Waals surface area contributed by atoms with E-state index in [0.717, 1.165) is 16.8 Å². The number of aliphatic imine (C=N–C) groups is 1. The summed E-state index contributed by atoms with van der Waals surface area (Å²) in [6.45, 7) is 1.63. The zero-order valence-electron chi connectivity index (χ0n) is 20.7. The first-order chi connectivity index (χ1) is 19.0. The fourth-order valence-corrected chi connectivity index (χ4v) is 4.12. The summed E-state index contributed by atoms with van der Waals surface area (Å²) >= 11 is 0.994. The van der Waals surface area contributed by atoms with Crippen molar-refractivity contribution in [1.82, 2.24) is 5.01 Å². The lowest BCUT2D eigenvalue weighted by Gasteiger charge is -2.24. The first-order valence-electron chi connectivity index (χ1n) is 11.8. The standard InChI is InChI=1S/C28H22N4O6S/c1-2-37-27(36)23(31-38-26(35)21-16-10-5-11-17-21)22-18-39-28(29-24(33)19-12-6-3-7-13-19)32(30-22)25(34)20-14-8-4-9-15-20/h3-17H,2,18H2,1H3/b29-28?,31-23-. The minimum absolute atomic E-state index is 0.00490. The van der Waals surface area contributed by atoms with Crippen molar-refractivity contribution in [1.29, 1.82) is 0 Å². The van der Waals surface area contributed by atoms with Gasteiger partial charge in [0.1, 0.15) is 5.71 Å². The number of amides is 2. The van der Waals surface area contributed by atoms with Crippen LogP contribution in [0.4, 0.5) is 0 Å². The van der Waals surface area contributed by atoms with Crippen LogP contribution in [0.2, 0.25) is 0 Å². The van der Waals surface area contributed by atoms with Crippen LogP contribution in [0.25, 0.3) is 0 Å². The van der Waals surface area contributed by atoms with Gasteiger partial charge in [0, 0.05) is 16.9 Å². The molecular weight excluding hydrogens is 520 g/mol. The molecule has 0 atom stereocenters. The molecule has 0 saturated carbocycles. The van der Waals surface area contributed by atoms with E-state index in [2.05, 4.69) is 15.2 Å². The Kier molecular flexibility index (Phi) is 9.09. The van der Waals surface area contributed by atoms with E-state index in [1.165, 1.54) is 12.1 Å². The van der Waals surface area contributed by atoms with Gasteiger partial charge in [0.25, 0.3) is 11.8 Å². The summed E-state index contributed by atoms with van der Waals surface area (Å²) in [5.74, 6) is -2.87.